The van der Waals surface area contributed by atoms with Crippen molar-refractivity contribution in [2.45, 2.75) is 13.3 Å². The maximum absolute atomic E-state index is 11.5. The van der Waals surface area contributed by atoms with E-state index >= 15 is 0 Å². The number of rotatable bonds is 1. The third-order valence-corrected chi connectivity index (χ3v) is 2.10. The summed E-state index contributed by atoms with van der Waals surface area (Å²) < 4.78 is 3.10. The molecule has 4 nitrogen and oxygen atoms in total. The second kappa shape index (κ2) is 2.73. The van der Waals surface area contributed by atoms with E-state index in [9.17, 15) is 4.79 Å². The van der Waals surface area contributed by atoms with Gasteiger partial charge in [0.05, 0.1) is 5.69 Å². The topological polar surface area (TPSA) is 39.3 Å². The van der Waals surface area contributed by atoms with Crippen molar-refractivity contribution in [2.75, 3.05) is 0 Å². The van der Waals surface area contributed by atoms with Gasteiger partial charge in [0.2, 0.25) is 0 Å². The van der Waals surface area contributed by atoms with Crippen LogP contribution < -0.4 is 5.69 Å². The summed E-state index contributed by atoms with van der Waals surface area (Å²) in [6.45, 7) is 2.02. The first-order valence-electron chi connectivity index (χ1n) is 4.26. The lowest BCUT2D eigenvalue weighted by molar-refractivity contribution is 0.789. The number of nitrogens with zero attached hydrogens (tertiary/aromatic N) is 3. The number of fused-ring (bicyclic) bond motifs is 1. The molecule has 0 aliphatic carbocycles. The molecule has 2 aromatic rings. The summed E-state index contributed by atoms with van der Waals surface area (Å²) in [6.07, 6.45) is 4.37. The maximum Gasteiger partial charge on any atom is 0.333 e. The van der Waals surface area contributed by atoms with Crippen molar-refractivity contribution in [3.8, 4) is 0 Å². The van der Waals surface area contributed by atoms with E-state index < -0.39 is 0 Å². The first-order valence-corrected chi connectivity index (χ1v) is 4.26. The highest BCUT2D eigenvalue weighted by Gasteiger charge is 2.02. The van der Waals surface area contributed by atoms with E-state index in [1.807, 2.05) is 13.0 Å². The first kappa shape index (κ1) is 8.04. The zero-order valence-electron chi connectivity index (χ0n) is 7.69. The highest BCUT2D eigenvalue weighted by molar-refractivity contribution is 5.37. The Labute approximate surface area is 75.5 Å². The number of hydrogen-bond donors (Lipinski definition) is 0. The van der Waals surface area contributed by atoms with Crippen LogP contribution in [0.25, 0.3) is 5.65 Å². The lowest BCUT2D eigenvalue weighted by Gasteiger charge is -1.95. The average molecular weight is 177 g/mol. The third-order valence-electron chi connectivity index (χ3n) is 2.10. The van der Waals surface area contributed by atoms with Crippen LogP contribution in [0.1, 0.15) is 12.6 Å². The van der Waals surface area contributed by atoms with E-state index in [2.05, 4.69) is 4.98 Å². The van der Waals surface area contributed by atoms with E-state index in [4.69, 9.17) is 0 Å². The number of hydrogen-bond acceptors (Lipinski definition) is 2. The molecule has 0 atom stereocenters. The highest BCUT2D eigenvalue weighted by Crippen LogP contribution is 2.01. The SMILES string of the molecule is CCc1cn2c(=O)n(C)ccc2n1. The smallest absolute Gasteiger partial charge is 0.303 e. The Hall–Kier alpha value is -1.58. The van der Waals surface area contributed by atoms with Crippen molar-refractivity contribution in [3.05, 3.63) is 34.6 Å². The van der Waals surface area contributed by atoms with Crippen molar-refractivity contribution in [2.24, 2.45) is 7.05 Å². The first-order chi connectivity index (χ1) is 6.22. The summed E-state index contributed by atoms with van der Waals surface area (Å²) in [5.74, 6) is 0. The molecule has 2 heterocycles. The van der Waals surface area contributed by atoms with Gasteiger partial charge in [0.25, 0.3) is 0 Å². The van der Waals surface area contributed by atoms with Crippen LogP contribution in [0.3, 0.4) is 0 Å². The molecule has 0 spiro atoms. The van der Waals surface area contributed by atoms with Crippen molar-refractivity contribution >= 4 is 5.65 Å². The molecule has 68 valence electrons. The minimum absolute atomic E-state index is 0.0512. The monoisotopic (exact) mass is 177 g/mol. The van der Waals surface area contributed by atoms with Gasteiger partial charge in [-0.25, -0.2) is 9.78 Å². The fraction of sp³-hybridized carbons (Fsp3) is 0.333. The van der Waals surface area contributed by atoms with Crippen LogP contribution in [0.4, 0.5) is 0 Å². The molecular formula is C9H11N3O. The van der Waals surface area contributed by atoms with Gasteiger partial charge < -0.3 is 4.57 Å². The normalized spacial score (nSPS) is 10.9. The summed E-state index contributed by atoms with van der Waals surface area (Å²) in [5.41, 5.74) is 1.62. The molecule has 0 saturated heterocycles. The Balaban J connectivity index is 2.84. The van der Waals surface area contributed by atoms with Gasteiger partial charge in [-0.15, -0.1) is 0 Å². The largest absolute Gasteiger partial charge is 0.333 e. The van der Waals surface area contributed by atoms with E-state index in [0.29, 0.717) is 0 Å². The van der Waals surface area contributed by atoms with Crippen LogP contribution in [0.5, 0.6) is 0 Å². The fourth-order valence-electron chi connectivity index (χ4n) is 1.30. The molecule has 0 amide bonds. The summed E-state index contributed by atoms with van der Waals surface area (Å²) in [4.78, 5) is 15.8. The number of aryl methyl sites for hydroxylation is 2. The van der Waals surface area contributed by atoms with Crippen LogP contribution in [-0.2, 0) is 13.5 Å². The molecule has 0 aromatic carbocycles. The summed E-state index contributed by atoms with van der Waals surface area (Å²) in [5, 5.41) is 0. The Morgan fingerprint density at radius 3 is 3.00 bits per heavy atom. The predicted molar refractivity (Wildman–Crippen MR) is 49.8 cm³/mol. The van der Waals surface area contributed by atoms with Gasteiger partial charge in [0.15, 0.2) is 0 Å². The van der Waals surface area contributed by atoms with Crippen molar-refractivity contribution < 1.29 is 0 Å². The quantitative estimate of drug-likeness (QED) is 0.639. The second-order valence-electron chi connectivity index (χ2n) is 3.02. The van der Waals surface area contributed by atoms with Gasteiger partial charge in [-0.05, 0) is 12.5 Å². The molecular weight excluding hydrogens is 166 g/mol. The van der Waals surface area contributed by atoms with Crippen LogP contribution in [-0.4, -0.2) is 14.0 Å². The summed E-state index contributed by atoms with van der Waals surface area (Å²) in [7, 11) is 1.73. The summed E-state index contributed by atoms with van der Waals surface area (Å²) in [6, 6.07) is 1.83. The summed E-state index contributed by atoms with van der Waals surface area (Å²) >= 11 is 0. The highest BCUT2D eigenvalue weighted by atomic mass is 16.1. The van der Waals surface area contributed by atoms with E-state index in [1.54, 1.807) is 23.8 Å². The Morgan fingerprint density at radius 1 is 1.54 bits per heavy atom. The lowest BCUT2D eigenvalue weighted by Crippen LogP contribution is -2.22. The fourth-order valence-corrected chi connectivity index (χ4v) is 1.30. The van der Waals surface area contributed by atoms with Gasteiger partial charge in [-0.1, -0.05) is 6.92 Å². The Kier molecular flexibility index (Phi) is 1.69. The van der Waals surface area contributed by atoms with Crippen LogP contribution in [0.15, 0.2) is 23.3 Å². The van der Waals surface area contributed by atoms with Gasteiger partial charge >= 0.3 is 5.69 Å². The zero-order valence-corrected chi connectivity index (χ0v) is 7.69. The van der Waals surface area contributed by atoms with E-state index in [0.717, 1.165) is 17.8 Å². The molecule has 4 heteroatoms. The molecule has 0 aliphatic rings. The predicted octanol–water partition coefficient (Wildman–Crippen LogP) is 0.595. The van der Waals surface area contributed by atoms with Crippen molar-refractivity contribution in [1.82, 2.24) is 14.0 Å². The molecule has 2 aromatic heterocycles. The second-order valence-corrected chi connectivity index (χ2v) is 3.02. The van der Waals surface area contributed by atoms with E-state index in [-0.39, 0.29) is 5.69 Å². The average Bonchev–Trinajstić information content (AvgIpc) is 2.55. The number of imidazole rings is 1. The molecule has 0 radical (unpaired) electrons. The zero-order chi connectivity index (χ0) is 9.42. The third kappa shape index (κ3) is 1.14. The minimum atomic E-state index is -0.0512. The molecule has 13 heavy (non-hydrogen) atoms. The van der Waals surface area contributed by atoms with Crippen molar-refractivity contribution in [1.29, 1.82) is 0 Å². The van der Waals surface area contributed by atoms with Gasteiger partial charge in [0, 0.05) is 19.4 Å². The molecule has 0 aliphatic heterocycles. The van der Waals surface area contributed by atoms with Crippen LogP contribution in [0.2, 0.25) is 0 Å². The van der Waals surface area contributed by atoms with Crippen molar-refractivity contribution in [3.63, 3.8) is 0 Å². The molecule has 0 N–H and O–H groups in total. The van der Waals surface area contributed by atoms with Crippen LogP contribution >= 0.6 is 0 Å². The Bertz CT molecular complexity index is 495. The molecule has 0 saturated carbocycles. The van der Waals surface area contributed by atoms with Gasteiger partial charge in [0.1, 0.15) is 5.65 Å². The number of aromatic nitrogens is 3. The van der Waals surface area contributed by atoms with E-state index in [1.165, 1.54) is 4.57 Å². The minimum Gasteiger partial charge on any atom is -0.303 e. The molecule has 0 fully saturated rings. The van der Waals surface area contributed by atoms with Gasteiger partial charge in [-0.3, -0.25) is 4.40 Å². The molecule has 0 unspecified atom stereocenters. The standard InChI is InChI=1S/C9H11N3O/c1-3-7-6-12-8(10-7)4-5-11(2)9(12)13/h4-6H,3H2,1-2H3. The maximum atomic E-state index is 11.5. The van der Waals surface area contributed by atoms with Gasteiger partial charge in [-0.2, -0.15) is 0 Å². The molecule has 0 bridgehead atoms. The Morgan fingerprint density at radius 2 is 2.31 bits per heavy atom. The molecule has 2 rings (SSSR count). The lowest BCUT2D eigenvalue weighted by atomic mass is 10.4. The van der Waals surface area contributed by atoms with Crippen LogP contribution in [0, 0.1) is 0 Å².